The number of fused-ring (bicyclic) bond motifs is 1. The van der Waals surface area contributed by atoms with Crippen molar-refractivity contribution in [3.63, 3.8) is 0 Å². The summed E-state index contributed by atoms with van der Waals surface area (Å²) in [6.07, 6.45) is 0. The van der Waals surface area contributed by atoms with Gasteiger partial charge in [0.05, 0.1) is 11.3 Å². The minimum atomic E-state index is -0.0839. The van der Waals surface area contributed by atoms with Crippen LogP contribution in [0.2, 0.25) is 0 Å². The number of amides is 1. The maximum absolute atomic E-state index is 12.9. The summed E-state index contributed by atoms with van der Waals surface area (Å²) >= 11 is 0. The molecule has 3 aromatic rings. The van der Waals surface area contributed by atoms with Crippen molar-refractivity contribution in [3.8, 4) is 0 Å². The number of carbonyl (C=O) groups excluding carboxylic acids is 1. The van der Waals surface area contributed by atoms with Crippen LogP contribution in [0.25, 0.3) is 11.3 Å². The average Bonchev–Trinajstić information content (AvgIpc) is 3.02. The second kappa shape index (κ2) is 7.94. The lowest BCUT2D eigenvalue weighted by Gasteiger charge is -2.16. The zero-order valence-corrected chi connectivity index (χ0v) is 17.0. The normalized spacial score (nSPS) is 14.6. The van der Waals surface area contributed by atoms with E-state index < -0.39 is 0 Å². The Morgan fingerprint density at radius 2 is 1.72 bits per heavy atom. The predicted molar refractivity (Wildman–Crippen MR) is 121 cm³/mol. The lowest BCUT2D eigenvalue weighted by molar-refractivity contribution is -0.110. The zero-order valence-electron chi connectivity index (χ0n) is 17.0. The van der Waals surface area contributed by atoms with E-state index in [0.29, 0.717) is 5.57 Å². The minimum Gasteiger partial charge on any atom is -0.354 e. The topological polar surface area (TPSA) is 44.4 Å². The molecule has 0 aromatic heterocycles. The molecule has 4 rings (SSSR count). The molecule has 0 aliphatic carbocycles. The first-order valence-electron chi connectivity index (χ1n) is 9.74. The molecule has 29 heavy (non-hydrogen) atoms. The van der Waals surface area contributed by atoms with Crippen molar-refractivity contribution >= 4 is 28.6 Å². The van der Waals surface area contributed by atoms with Gasteiger partial charge in [-0.2, -0.15) is 0 Å². The summed E-state index contributed by atoms with van der Waals surface area (Å²) in [5.41, 5.74) is 7.59. The number of aryl methyl sites for hydroxylation is 1. The highest BCUT2D eigenvalue weighted by Crippen LogP contribution is 2.37. The van der Waals surface area contributed by atoms with Gasteiger partial charge < -0.3 is 15.5 Å². The summed E-state index contributed by atoms with van der Waals surface area (Å²) in [7, 11) is 4.12. The number of rotatable bonds is 5. The monoisotopic (exact) mass is 383 g/mol. The smallest absolute Gasteiger partial charge is 0.258 e. The van der Waals surface area contributed by atoms with Gasteiger partial charge in [-0.25, -0.2) is 0 Å². The van der Waals surface area contributed by atoms with Crippen molar-refractivity contribution in [2.75, 3.05) is 24.7 Å². The van der Waals surface area contributed by atoms with E-state index in [2.05, 4.69) is 73.0 Å². The van der Waals surface area contributed by atoms with Crippen molar-refractivity contribution in [3.05, 3.63) is 95.1 Å². The van der Waals surface area contributed by atoms with E-state index >= 15 is 0 Å². The second-order valence-electron chi connectivity index (χ2n) is 7.68. The second-order valence-corrected chi connectivity index (χ2v) is 7.68. The summed E-state index contributed by atoms with van der Waals surface area (Å²) in [4.78, 5) is 15.0. The lowest BCUT2D eigenvalue weighted by Crippen LogP contribution is -2.11. The highest BCUT2D eigenvalue weighted by Gasteiger charge is 2.28. The Hall–Kier alpha value is -3.37. The Labute approximate surface area is 171 Å². The molecular formula is C25H25N3O. The van der Waals surface area contributed by atoms with E-state index in [1.54, 1.807) is 0 Å². The van der Waals surface area contributed by atoms with Gasteiger partial charge in [0.2, 0.25) is 0 Å². The first-order chi connectivity index (χ1) is 14.0. The van der Waals surface area contributed by atoms with Gasteiger partial charge in [-0.3, -0.25) is 4.79 Å². The number of hydrogen-bond donors (Lipinski definition) is 2. The van der Waals surface area contributed by atoms with Crippen LogP contribution in [0.5, 0.6) is 0 Å². The molecule has 0 spiro atoms. The molecule has 0 saturated heterocycles. The first-order valence-corrected chi connectivity index (χ1v) is 9.74. The van der Waals surface area contributed by atoms with Crippen LogP contribution in [-0.4, -0.2) is 24.9 Å². The third-order valence-corrected chi connectivity index (χ3v) is 4.95. The molecular weight excluding hydrogens is 358 g/mol. The van der Waals surface area contributed by atoms with Crippen LogP contribution in [0, 0.1) is 6.92 Å². The number of carbonyl (C=O) groups is 1. The van der Waals surface area contributed by atoms with Gasteiger partial charge in [0, 0.05) is 23.5 Å². The zero-order chi connectivity index (χ0) is 20.4. The molecule has 1 amide bonds. The van der Waals surface area contributed by atoms with Gasteiger partial charge >= 0.3 is 0 Å². The molecule has 1 heterocycles. The Morgan fingerprint density at radius 3 is 2.45 bits per heavy atom. The quantitative estimate of drug-likeness (QED) is 0.610. The Bertz CT molecular complexity index is 1080. The molecule has 146 valence electrons. The van der Waals surface area contributed by atoms with Crippen LogP contribution in [0.3, 0.4) is 0 Å². The van der Waals surface area contributed by atoms with Crippen LogP contribution in [-0.2, 0) is 11.3 Å². The molecule has 1 aliphatic rings. The fraction of sp³-hybridized carbons (Fsp3) is 0.160. The molecule has 0 atom stereocenters. The van der Waals surface area contributed by atoms with E-state index in [1.165, 1.54) is 5.56 Å². The summed E-state index contributed by atoms with van der Waals surface area (Å²) in [5.74, 6) is -0.0839. The molecule has 0 unspecified atom stereocenters. The van der Waals surface area contributed by atoms with E-state index in [9.17, 15) is 4.79 Å². The molecule has 0 saturated carbocycles. The van der Waals surface area contributed by atoms with Gasteiger partial charge in [0.15, 0.2) is 0 Å². The van der Waals surface area contributed by atoms with Crippen LogP contribution in [0.15, 0.2) is 72.8 Å². The van der Waals surface area contributed by atoms with Crippen molar-refractivity contribution < 1.29 is 4.79 Å². The van der Waals surface area contributed by atoms with Gasteiger partial charge in [-0.1, -0.05) is 54.1 Å². The Morgan fingerprint density at radius 1 is 0.966 bits per heavy atom. The third kappa shape index (κ3) is 4.08. The number of anilines is 2. The number of hydrogen-bond acceptors (Lipinski definition) is 3. The molecule has 0 fully saturated rings. The van der Waals surface area contributed by atoms with E-state index in [1.807, 2.05) is 36.4 Å². The highest BCUT2D eigenvalue weighted by molar-refractivity contribution is 6.37. The summed E-state index contributed by atoms with van der Waals surface area (Å²) in [6, 6.07) is 24.4. The molecule has 0 radical (unpaired) electrons. The van der Waals surface area contributed by atoms with Crippen LogP contribution in [0.1, 0.15) is 22.3 Å². The molecule has 2 N–H and O–H groups in total. The van der Waals surface area contributed by atoms with E-state index in [4.69, 9.17) is 0 Å². The maximum atomic E-state index is 12.9. The molecule has 0 bridgehead atoms. The molecule has 4 heteroatoms. The lowest BCUT2D eigenvalue weighted by atomic mass is 9.99. The molecule has 1 aliphatic heterocycles. The number of nitrogens with one attached hydrogen (secondary N) is 2. The summed E-state index contributed by atoms with van der Waals surface area (Å²) in [6.45, 7) is 2.95. The van der Waals surface area contributed by atoms with Crippen LogP contribution >= 0.6 is 0 Å². The molecule has 4 nitrogen and oxygen atoms in total. The Balaban J connectivity index is 1.79. The van der Waals surface area contributed by atoms with Crippen LogP contribution in [0.4, 0.5) is 11.4 Å². The SMILES string of the molecule is Cc1cccc(C(Nc2ccc(CN(C)C)cc2)=C2C(=O)Nc3ccccc32)c1. The van der Waals surface area contributed by atoms with Crippen molar-refractivity contribution in [2.24, 2.45) is 0 Å². The number of nitrogens with zero attached hydrogens (tertiary/aromatic N) is 1. The fourth-order valence-corrected chi connectivity index (χ4v) is 3.65. The predicted octanol–water partition coefficient (Wildman–Crippen LogP) is 4.99. The summed E-state index contributed by atoms with van der Waals surface area (Å²) < 4.78 is 0. The minimum absolute atomic E-state index is 0.0839. The largest absolute Gasteiger partial charge is 0.354 e. The van der Waals surface area contributed by atoms with Crippen molar-refractivity contribution in [2.45, 2.75) is 13.5 Å². The van der Waals surface area contributed by atoms with Crippen LogP contribution < -0.4 is 10.6 Å². The summed E-state index contributed by atoms with van der Waals surface area (Å²) in [5, 5.41) is 6.51. The van der Waals surface area contributed by atoms with Gasteiger partial charge in [-0.15, -0.1) is 0 Å². The molecule has 3 aromatic carbocycles. The van der Waals surface area contributed by atoms with E-state index in [0.717, 1.165) is 40.3 Å². The maximum Gasteiger partial charge on any atom is 0.258 e. The standard InChI is InChI=1S/C25H25N3O/c1-17-7-6-8-19(15-17)24(23-21-9-4-5-10-22(21)27-25(23)29)26-20-13-11-18(12-14-20)16-28(2)3/h4-15,26H,16H2,1-3H3,(H,27,29). The highest BCUT2D eigenvalue weighted by atomic mass is 16.2. The number of para-hydroxylation sites is 1. The third-order valence-electron chi connectivity index (χ3n) is 4.95. The van der Waals surface area contributed by atoms with Gasteiger partial charge in [0.25, 0.3) is 5.91 Å². The van der Waals surface area contributed by atoms with E-state index in [-0.39, 0.29) is 5.91 Å². The van der Waals surface area contributed by atoms with Gasteiger partial charge in [0.1, 0.15) is 0 Å². The van der Waals surface area contributed by atoms with Crippen molar-refractivity contribution in [1.29, 1.82) is 0 Å². The van der Waals surface area contributed by atoms with Crippen molar-refractivity contribution in [1.82, 2.24) is 4.90 Å². The fourth-order valence-electron chi connectivity index (χ4n) is 3.65. The average molecular weight is 383 g/mol. The van der Waals surface area contributed by atoms with Gasteiger partial charge in [-0.05, 0) is 56.4 Å². The Kier molecular flexibility index (Phi) is 5.19. The first kappa shape index (κ1) is 19.0. The number of benzene rings is 3.